The maximum absolute atomic E-state index is 10.4. The van der Waals surface area contributed by atoms with Crippen LogP contribution >= 0.6 is 0 Å². The van der Waals surface area contributed by atoms with Crippen LogP contribution in [-0.4, -0.2) is 17.8 Å². The van der Waals surface area contributed by atoms with Gasteiger partial charge in [0, 0.05) is 0 Å². The Morgan fingerprint density at radius 1 is 1.12 bits per heavy atom. The first-order valence-electron chi connectivity index (χ1n) is 6.49. The van der Waals surface area contributed by atoms with Crippen molar-refractivity contribution in [2.75, 3.05) is 7.11 Å². The fourth-order valence-electron chi connectivity index (χ4n) is 2.11. The molecule has 1 atom stereocenters. The number of benzene rings is 1. The monoisotopic (exact) mass is 236 g/mol. The number of methoxy groups -OCH3 is 1. The lowest BCUT2D eigenvalue weighted by Crippen LogP contribution is -2.28. The highest BCUT2D eigenvalue weighted by molar-refractivity contribution is 5.27. The average Bonchev–Trinajstić information content (AvgIpc) is 2.37. The standard InChI is InChI=1S/C15H24O2/c1-4-11-15(16,5-2)12-10-13-6-8-14(17-3)9-7-13/h6-9,16H,4-5,10-12H2,1-3H3. The second kappa shape index (κ2) is 6.65. The van der Waals surface area contributed by atoms with E-state index < -0.39 is 5.60 Å². The third-order valence-corrected chi connectivity index (χ3v) is 3.41. The number of aliphatic hydroxyl groups is 1. The molecular weight excluding hydrogens is 212 g/mol. The molecule has 0 fully saturated rings. The lowest BCUT2D eigenvalue weighted by Gasteiger charge is -2.26. The van der Waals surface area contributed by atoms with Crippen molar-refractivity contribution >= 4 is 0 Å². The molecule has 0 aromatic heterocycles. The lowest BCUT2D eigenvalue weighted by molar-refractivity contribution is 0.0185. The third kappa shape index (κ3) is 4.39. The molecule has 0 amide bonds. The Hall–Kier alpha value is -1.02. The Bertz CT molecular complexity index is 318. The maximum Gasteiger partial charge on any atom is 0.118 e. The van der Waals surface area contributed by atoms with Gasteiger partial charge < -0.3 is 9.84 Å². The summed E-state index contributed by atoms with van der Waals surface area (Å²) in [5.74, 6) is 0.882. The highest BCUT2D eigenvalue weighted by Gasteiger charge is 2.22. The number of hydrogen-bond donors (Lipinski definition) is 1. The van der Waals surface area contributed by atoms with E-state index in [4.69, 9.17) is 4.74 Å². The highest BCUT2D eigenvalue weighted by Crippen LogP contribution is 2.24. The zero-order valence-electron chi connectivity index (χ0n) is 11.2. The van der Waals surface area contributed by atoms with E-state index >= 15 is 0 Å². The van der Waals surface area contributed by atoms with Gasteiger partial charge in [0.1, 0.15) is 5.75 Å². The Balaban J connectivity index is 2.53. The van der Waals surface area contributed by atoms with Gasteiger partial charge in [0.2, 0.25) is 0 Å². The van der Waals surface area contributed by atoms with Crippen LogP contribution in [0.15, 0.2) is 24.3 Å². The first kappa shape index (κ1) is 14.0. The summed E-state index contributed by atoms with van der Waals surface area (Å²) in [6, 6.07) is 8.09. The predicted octanol–water partition coefficient (Wildman–Crippen LogP) is 3.57. The Labute approximate surface area is 105 Å². The van der Waals surface area contributed by atoms with Crippen LogP contribution in [0.4, 0.5) is 0 Å². The minimum absolute atomic E-state index is 0.491. The molecule has 0 aliphatic rings. The van der Waals surface area contributed by atoms with Crippen molar-refractivity contribution in [3.8, 4) is 5.75 Å². The molecule has 1 unspecified atom stereocenters. The Morgan fingerprint density at radius 3 is 2.24 bits per heavy atom. The van der Waals surface area contributed by atoms with Crippen LogP contribution < -0.4 is 4.74 Å². The van der Waals surface area contributed by atoms with Gasteiger partial charge in [0.15, 0.2) is 0 Å². The van der Waals surface area contributed by atoms with Crippen LogP contribution in [0.2, 0.25) is 0 Å². The first-order valence-corrected chi connectivity index (χ1v) is 6.49. The maximum atomic E-state index is 10.4. The first-order chi connectivity index (χ1) is 8.13. The number of ether oxygens (including phenoxy) is 1. The molecule has 0 aliphatic heterocycles. The second-order valence-corrected chi connectivity index (χ2v) is 4.68. The van der Waals surface area contributed by atoms with E-state index in [9.17, 15) is 5.11 Å². The molecule has 96 valence electrons. The summed E-state index contributed by atoms with van der Waals surface area (Å²) in [5.41, 5.74) is 0.767. The SMILES string of the molecule is CCCC(O)(CC)CCc1ccc(OC)cc1. The van der Waals surface area contributed by atoms with Gasteiger partial charge in [-0.15, -0.1) is 0 Å². The van der Waals surface area contributed by atoms with Gasteiger partial charge in [-0.1, -0.05) is 32.4 Å². The summed E-state index contributed by atoms with van der Waals surface area (Å²) in [6.45, 7) is 4.18. The molecule has 0 radical (unpaired) electrons. The van der Waals surface area contributed by atoms with Gasteiger partial charge >= 0.3 is 0 Å². The van der Waals surface area contributed by atoms with Crippen molar-refractivity contribution in [1.29, 1.82) is 0 Å². The van der Waals surface area contributed by atoms with Crippen LogP contribution in [0.1, 0.15) is 45.1 Å². The van der Waals surface area contributed by atoms with Crippen molar-refractivity contribution in [2.45, 2.75) is 51.6 Å². The van der Waals surface area contributed by atoms with Crippen molar-refractivity contribution in [1.82, 2.24) is 0 Å². The van der Waals surface area contributed by atoms with E-state index in [0.717, 1.165) is 37.9 Å². The summed E-state index contributed by atoms with van der Waals surface area (Å²) >= 11 is 0. The van der Waals surface area contributed by atoms with Crippen molar-refractivity contribution < 1.29 is 9.84 Å². The van der Waals surface area contributed by atoms with Gasteiger partial charge in [-0.25, -0.2) is 0 Å². The lowest BCUT2D eigenvalue weighted by atomic mass is 9.88. The minimum atomic E-state index is -0.491. The van der Waals surface area contributed by atoms with Crippen LogP contribution in [0, 0.1) is 0 Å². The van der Waals surface area contributed by atoms with E-state index in [0.29, 0.717) is 0 Å². The fraction of sp³-hybridized carbons (Fsp3) is 0.600. The fourth-order valence-corrected chi connectivity index (χ4v) is 2.11. The molecular formula is C15H24O2. The van der Waals surface area contributed by atoms with E-state index in [1.807, 2.05) is 12.1 Å². The molecule has 1 aromatic rings. The second-order valence-electron chi connectivity index (χ2n) is 4.68. The smallest absolute Gasteiger partial charge is 0.118 e. The van der Waals surface area contributed by atoms with Crippen LogP contribution in [0.3, 0.4) is 0 Å². The Kier molecular flexibility index (Phi) is 5.49. The zero-order valence-corrected chi connectivity index (χ0v) is 11.2. The molecule has 0 saturated carbocycles. The van der Waals surface area contributed by atoms with Crippen LogP contribution in [0.25, 0.3) is 0 Å². The minimum Gasteiger partial charge on any atom is -0.497 e. The normalized spacial score (nSPS) is 14.4. The molecule has 0 spiro atoms. The van der Waals surface area contributed by atoms with Crippen molar-refractivity contribution in [3.05, 3.63) is 29.8 Å². The van der Waals surface area contributed by atoms with E-state index in [2.05, 4.69) is 26.0 Å². The largest absolute Gasteiger partial charge is 0.497 e. The summed E-state index contributed by atoms with van der Waals surface area (Å²) < 4.78 is 5.12. The number of rotatable bonds is 7. The zero-order chi connectivity index (χ0) is 12.7. The summed E-state index contributed by atoms with van der Waals surface area (Å²) in [4.78, 5) is 0. The van der Waals surface area contributed by atoms with E-state index in [1.165, 1.54) is 5.56 Å². The molecule has 2 nitrogen and oxygen atoms in total. The van der Waals surface area contributed by atoms with Gasteiger partial charge in [-0.2, -0.15) is 0 Å². The molecule has 0 heterocycles. The third-order valence-electron chi connectivity index (χ3n) is 3.41. The van der Waals surface area contributed by atoms with Gasteiger partial charge in [0.25, 0.3) is 0 Å². The topological polar surface area (TPSA) is 29.5 Å². The average molecular weight is 236 g/mol. The summed E-state index contributed by atoms with van der Waals surface area (Å²) in [7, 11) is 1.67. The quantitative estimate of drug-likeness (QED) is 0.784. The molecule has 2 heteroatoms. The molecule has 0 saturated heterocycles. The molecule has 0 aliphatic carbocycles. The van der Waals surface area contributed by atoms with Crippen molar-refractivity contribution in [2.24, 2.45) is 0 Å². The molecule has 1 rings (SSSR count). The van der Waals surface area contributed by atoms with Gasteiger partial charge in [-0.05, 0) is 43.4 Å². The van der Waals surface area contributed by atoms with Crippen LogP contribution in [-0.2, 0) is 6.42 Å². The number of aryl methyl sites for hydroxylation is 1. The highest BCUT2D eigenvalue weighted by atomic mass is 16.5. The molecule has 17 heavy (non-hydrogen) atoms. The van der Waals surface area contributed by atoms with Gasteiger partial charge in [0.05, 0.1) is 12.7 Å². The van der Waals surface area contributed by atoms with E-state index in [-0.39, 0.29) is 0 Å². The van der Waals surface area contributed by atoms with E-state index in [1.54, 1.807) is 7.11 Å². The summed E-state index contributed by atoms with van der Waals surface area (Å²) in [5, 5.41) is 10.4. The molecule has 1 aromatic carbocycles. The summed E-state index contributed by atoms with van der Waals surface area (Å²) in [6.07, 6.45) is 4.52. The van der Waals surface area contributed by atoms with Gasteiger partial charge in [-0.3, -0.25) is 0 Å². The Morgan fingerprint density at radius 2 is 1.76 bits per heavy atom. The molecule has 0 bridgehead atoms. The predicted molar refractivity (Wildman–Crippen MR) is 71.5 cm³/mol. The van der Waals surface area contributed by atoms with Crippen molar-refractivity contribution in [3.63, 3.8) is 0 Å². The van der Waals surface area contributed by atoms with Crippen LogP contribution in [0.5, 0.6) is 5.75 Å². The molecule has 1 N–H and O–H groups in total. The number of hydrogen-bond acceptors (Lipinski definition) is 2.